The predicted molar refractivity (Wildman–Crippen MR) is 75.6 cm³/mol. The summed E-state index contributed by atoms with van der Waals surface area (Å²) < 4.78 is 0. The first kappa shape index (κ1) is 11.7. The smallest absolute Gasteiger partial charge is 0.194 e. The summed E-state index contributed by atoms with van der Waals surface area (Å²) >= 11 is 1.60. The fourth-order valence-electron chi connectivity index (χ4n) is 2.62. The van der Waals surface area contributed by atoms with Crippen LogP contribution in [0.25, 0.3) is 0 Å². The Morgan fingerprint density at radius 2 is 1.89 bits per heavy atom. The third kappa shape index (κ3) is 2.01. The number of carbonyl (C=O) groups is 1. The third-order valence-electron chi connectivity index (χ3n) is 3.71. The second-order valence-electron chi connectivity index (χ2n) is 4.99. The molecule has 0 radical (unpaired) electrons. The Labute approximate surface area is 111 Å². The minimum Gasteiger partial charge on any atom is -0.289 e. The first-order valence-electron chi connectivity index (χ1n) is 6.45. The van der Waals surface area contributed by atoms with Crippen molar-refractivity contribution >= 4 is 17.1 Å². The second-order valence-corrected chi connectivity index (χ2v) is 5.73. The van der Waals surface area contributed by atoms with Gasteiger partial charge in [-0.1, -0.05) is 12.1 Å². The molecule has 0 N–H and O–H groups in total. The lowest BCUT2D eigenvalue weighted by Crippen LogP contribution is -2.07. The molecule has 0 aliphatic heterocycles. The van der Waals surface area contributed by atoms with Gasteiger partial charge in [-0.25, -0.2) is 0 Å². The molecule has 18 heavy (non-hydrogen) atoms. The maximum absolute atomic E-state index is 12.4. The van der Waals surface area contributed by atoms with Crippen LogP contribution in [0.1, 0.15) is 45.5 Å². The standard InChI is InChI=1S/C16H16OS/c1-11-9-18-10-15(11)16(17)14-7-6-12-4-2-3-5-13(12)8-14/h6-10H,2-5H2,1H3. The van der Waals surface area contributed by atoms with E-state index in [1.165, 1.54) is 30.4 Å². The third-order valence-corrected chi connectivity index (χ3v) is 4.57. The average molecular weight is 256 g/mol. The first-order valence-corrected chi connectivity index (χ1v) is 7.39. The van der Waals surface area contributed by atoms with Crippen LogP contribution >= 0.6 is 11.3 Å². The molecule has 1 aromatic heterocycles. The molecule has 0 bridgehead atoms. The summed E-state index contributed by atoms with van der Waals surface area (Å²) in [5, 5.41) is 3.99. The van der Waals surface area contributed by atoms with Gasteiger partial charge in [-0.2, -0.15) is 11.3 Å². The van der Waals surface area contributed by atoms with Crippen LogP contribution in [0.15, 0.2) is 29.0 Å². The summed E-state index contributed by atoms with van der Waals surface area (Å²) in [7, 11) is 0. The molecule has 1 aliphatic carbocycles. The maximum Gasteiger partial charge on any atom is 0.194 e. The summed E-state index contributed by atoms with van der Waals surface area (Å²) in [6, 6.07) is 6.24. The Balaban J connectivity index is 1.98. The molecule has 0 atom stereocenters. The van der Waals surface area contributed by atoms with Gasteiger partial charge < -0.3 is 0 Å². The second kappa shape index (κ2) is 4.69. The van der Waals surface area contributed by atoms with E-state index in [1.807, 2.05) is 23.8 Å². The average Bonchev–Trinajstić information content (AvgIpc) is 2.83. The molecule has 2 heteroatoms. The van der Waals surface area contributed by atoms with Crippen LogP contribution < -0.4 is 0 Å². The highest BCUT2D eigenvalue weighted by Crippen LogP contribution is 2.24. The van der Waals surface area contributed by atoms with Gasteiger partial charge >= 0.3 is 0 Å². The summed E-state index contributed by atoms with van der Waals surface area (Å²) in [4.78, 5) is 12.4. The lowest BCUT2D eigenvalue weighted by atomic mass is 9.89. The number of fused-ring (bicyclic) bond motifs is 1. The topological polar surface area (TPSA) is 17.1 Å². The van der Waals surface area contributed by atoms with E-state index in [0.29, 0.717) is 0 Å². The summed E-state index contributed by atoms with van der Waals surface area (Å²) in [6.45, 7) is 2.00. The number of aryl methyl sites for hydroxylation is 3. The van der Waals surface area contributed by atoms with Gasteiger partial charge in [-0.3, -0.25) is 4.79 Å². The molecular formula is C16H16OS. The van der Waals surface area contributed by atoms with E-state index in [2.05, 4.69) is 12.1 Å². The normalized spacial score (nSPS) is 14.3. The molecule has 1 aromatic carbocycles. The Bertz CT molecular complexity index is 595. The fourth-order valence-corrected chi connectivity index (χ4v) is 3.45. The molecule has 0 saturated carbocycles. The molecular weight excluding hydrogens is 240 g/mol. The quantitative estimate of drug-likeness (QED) is 0.737. The monoisotopic (exact) mass is 256 g/mol. The van der Waals surface area contributed by atoms with Crippen LogP contribution in [0.4, 0.5) is 0 Å². The van der Waals surface area contributed by atoms with E-state index >= 15 is 0 Å². The van der Waals surface area contributed by atoms with Gasteiger partial charge in [0.25, 0.3) is 0 Å². The van der Waals surface area contributed by atoms with Gasteiger partial charge in [0, 0.05) is 16.5 Å². The molecule has 1 heterocycles. The van der Waals surface area contributed by atoms with Crippen LogP contribution in [0, 0.1) is 6.92 Å². The van der Waals surface area contributed by atoms with Crippen molar-refractivity contribution in [2.75, 3.05) is 0 Å². The van der Waals surface area contributed by atoms with Gasteiger partial charge in [-0.05, 0) is 60.7 Å². The molecule has 1 nitrogen and oxygen atoms in total. The number of hydrogen-bond acceptors (Lipinski definition) is 2. The highest BCUT2D eigenvalue weighted by atomic mass is 32.1. The number of carbonyl (C=O) groups excluding carboxylic acids is 1. The van der Waals surface area contributed by atoms with Crippen molar-refractivity contribution in [3.05, 3.63) is 56.8 Å². The molecule has 0 spiro atoms. The van der Waals surface area contributed by atoms with E-state index in [4.69, 9.17) is 0 Å². The number of rotatable bonds is 2. The maximum atomic E-state index is 12.4. The van der Waals surface area contributed by atoms with Gasteiger partial charge in [-0.15, -0.1) is 0 Å². The van der Waals surface area contributed by atoms with Crippen molar-refractivity contribution in [2.45, 2.75) is 32.6 Å². The first-order chi connectivity index (χ1) is 8.75. The molecule has 0 amide bonds. The zero-order valence-electron chi connectivity index (χ0n) is 10.5. The zero-order chi connectivity index (χ0) is 12.5. The van der Waals surface area contributed by atoms with Crippen molar-refractivity contribution in [1.29, 1.82) is 0 Å². The molecule has 3 rings (SSSR count). The predicted octanol–water partition coefficient (Wildman–Crippen LogP) is 4.17. The van der Waals surface area contributed by atoms with E-state index in [1.54, 1.807) is 11.3 Å². The van der Waals surface area contributed by atoms with E-state index < -0.39 is 0 Å². The summed E-state index contributed by atoms with van der Waals surface area (Å²) in [5.74, 6) is 0.169. The Morgan fingerprint density at radius 1 is 1.11 bits per heavy atom. The summed E-state index contributed by atoms with van der Waals surface area (Å²) in [5.41, 5.74) is 5.59. The van der Waals surface area contributed by atoms with Crippen molar-refractivity contribution in [3.63, 3.8) is 0 Å². The SMILES string of the molecule is Cc1cscc1C(=O)c1ccc2c(c1)CCCC2. The lowest BCUT2D eigenvalue weighted by molar-refractivity contribution is 0.103. The zero-order valence-corrected chi connectivity index (χ0v) is 11.3. The van der Waals surface area contributed by atoms with Crippen LogP contribution in [0.2, 0.25) is 0 Å². The number of hydrogen-bond donors (Lipinski definition) is 0. The van der Waals surface area contributed by atoms with Crippen LogP contribution in [0.3, 0.4) is 0 Å². The molecule has 0 unspecified atom stereocenters. The minimum atomic E-state index is 0.169. The van der Waals surface area contributed by atoms with E-state index in [0.717, 1.165) is 23.1 Å². The molecule has 92 valence electrons. The van der Waals surface area contributed by atoms with Gasteiger partial charge in [0.2, 0.25) is 0 Å². The molecule has 0 saturated heterocycles. The highest BCUT2D eigenvalue weighted by molar-refractivity contribution is 7.08. The van der Waals surface area contributed by atoms with Crippen molar-refractivity contribution in [2.24, 2.45) is 0 Å². The number of benzene rings is 1. The Hall–Kier alpha value is -1.41. The summed E-state index contributed by atoms with van der Waals surface area (Å²) in [6.07, 6.45) is 4.83. The fraction of sp³-hybridized carbons (Fsp3) is 0.312. The van der Waals surface area contributed by atoms with Crippen LogP contribution in [-0.4, -0.2) is 5.78 Å². The van der Waals surface area contributed by atoms with Gasteiger partial charge in [0.05, 0.1) is 0 Å². The van der Waals surface area contributed by atoms with Crippen molar-refractivity contribution in [1.82, 2.24) is 0 Å². The van der Waals surface area contributed by atoms with Crippen LogP contribution in [-0.2, 0) is 12.8 Å². The van der Waals surface area contributed by atoms with Gasteiger partial charge in [0.1, 0.15) is 0 Å². The van der Waals surface area contributed by atoms with Crippen molar-refractivity contribution < 1.29 is 4.79 Å². The van der Waals surface area contributed by atoms with E-state index in [-0.39, 0.29) is 5.78 Å². The largest absolute Gasteiger partial charge is 0.289 e. The molecule has 2 aromatic rings. The lowest BCUT2D eigenvalue weighted by Gasteiger charge is -2.16. The molecule has 1 aliphatic rings. The minimum absolute atomic E-state index is 0.169. The Kier molecular flexibility index (Phi) is 3.04. The molecule has 0 fully saturated rings. The van der Waals surface area contributed by atoms with E-state index in [9.17, 15) is 4.79 Å². The number of thiophene rings is 1. The number of ketones is 1. The van der Waals surface area contributed by atoms with Gasteiger partial charge in [0.15, 0.2) is 5.78 Å². The highest BCUT2D eigenvalue weighted by Gasteiger charge is 2.15. The van der Waals surface area contributed by atoms with Crippen LogP contribution in [0.5, 0.6) is 0 Å². The van der Waals surface area contributed by atoms with Crippen molar-refractivity contribution in [3.8, 4) is 0 Å². The Morgan fingerprint density at radius 3 is 2.61 bits per heavy atom.